The van der Waals surface area contributed by atoms with Gasteiger partial charge in [-0.15, -0.1) is 0 Å². The Labute approximate surface area is 148 Å². The Kier molecular flexibility index (Phi) is 3.88. The molecule has 0 atom stereocenters. The Morgan fingerprint density at radius 1 is 1.24 bits per heavy atom. The van der Waals surface area contributed by atoms with E-state index >= 15 is 0 Å². The van der Waals surface area contributed by atoms with Crippen LogP contribution in [-0.4, -0.2) is 25.7 Å². The van der Waals surface area contributed by atoms with Crippen LogP contribution in [0.25, 0.3) is 22.2 Å². The number of hydrogen-bond donors (Lipinski definition) is 2. The first kappa shape index (κ1) is 16.3. The van der Waals surface area contributed by atoms with Gasteiger partial charge in [-0.25, -0.2) is 9.97 Å². The van der Waals surface area contributed by atoms with Crippen LogP contribution in [0.1, 0.15) is 49.3 Å². The van der Waals surface area contributed by atoms with Gasteiger partial charge in [-0.3, -0.25) is 0 Å². The second-order valence-corrected chi connectivity index (χ2v) is 7.82. The second-order valence-electron chi connectivity index (χ2n) is 7.82. The molecule has 4 heteroatoms. The van der Waals surface area contributed by atoms with E-state index in [1.54, 1.807) is 0 Å². The van der Waals surface area contributed by atoms with Gasteiger partial charge in [0.25, 0.3) is 0 Å². The highest BCUT2D eigenvalue weighted by Crippen LogP contribution is 2.37. The number of fused-ring (bicyclic) bond motifs is 5. The van der Waals surface area contributed by atoms with Crippen LogP contribution in [0.2, 0.25) is 0 Å². The van der Waals surface area contributed by atoms with Crippen LogP contribution in [0.5, 0.6) is 0 Å². The Bertz CT molecular complexity index is 934. The minimum absolute atomic E-state index is 0.638. The zero-order valence-corrected chi connectivity index (χ0v) is 15.2. The van der Waals surface area contributed by atoms with Crippen LogP contribution in [0.15, 0.2) is 24.4 Å². The van der Waals surface area contributed by atoms with E-state index in [0.717, 1.165) is 43.6 Å². The lowest BCUT2D eigenvalue weighted by molar-refractivity contribution is 0.0714. The third-order valence-electron chi connectivity index (χ3n) is 5.06. The van der Waals surface area contributed by atoms with Crippen molar-refractivity contribution < 1.29 is 5.11 Å². The van der Waals surface area contributed by atoms with Gasteiger partial charge in [-0.05, 0) is 76.1 Å². The first-order chi connectivity index (χ1) is 11.9. The summed E-state index contributed by atoms with van der Waals surface area (Å²) >= 11 is 0. The van der Waals surface area contributed by atoms with Gasteiger partial charge in [0, 0.05) is 28.4 Å². The van der Waals surface area contributed by atoms with E-state index in [2.05, 4.69) is 28.2 Å². The lowest BCUT2D eigenvalue weighted by atomic mass is 9.97. The molecule has 4 rings (SSSR count). The first-order valence-corrected chi connectivity index (χ1v) is 9.09. The number of H-pyrrole nitrogens is 1. The summed E-state index contributed by atoms with van der Waals surface area (Å²) in [6.45, 7) is 5.68. The molecule has 0 saturated carbocycles. The average Bonchev–Trinajstić information content (AvgIpc) is 2.81. The van der Waals surface area contributed by atoms with Gasteiger partial charge in [0.1, 0.15) is 5.82 Å². The van der Waals surface area contributed by atoms with Crippen molar-refractivity contribution in [2.45, 2.75) is 58.5 Å². The van der Waals surface area contributed by atoms with Gasteiger partial charge < -0.3 is 10.1 Å². The standard InChI is InChI=1S/C21H25N3O/c1-13-22-12-15-5-4-6-18-19(20(15)23-13)16-11-14(7-8-17(16)24-18)9-10-21(2,3)25/h7-8,11-12,24-25H,4-6,9-10H2,1-3H3. The van der Waals surface area contributed by atoms with Crippen molar-refractivity contribution in [1.82, 2.24) is 15.0 Å². The highest BCUT2D eigenvalue weighted by Gasteiger charge is 2.21. The van der Waals surface area contributed by atoms with E-state index < -0.39 is 5.60 Å². The molecule has 130 valence electrons. The lowest BCUT2D eigenvalue weighted by Crippen LogP contribution is -2.19. The molecule has 0 aliphatic heterocycles. The van der Waals surface area contributed by atoms with Crippen LogP contribution < -0.4 is 0 Å². The molecule has 0 unspecified atom stereocenters. The van der Waals surface area contributed by atoms with Crippen molar-refractivity contribution in [3.8, 4) is 11.3 Å². The number of nitrogens with one attached hydrogen (secondary N) is 1. The van der Waals surface area contributed by atoms with Crippen LogP contribution in [-0.2, 0) is 19.3 Å². The maximum Gasteiger partial charge on any atom is 0.125 e. The van der Waals surface area contributed by atoms with Crippen LogP contribution in [0, 0.1) is 6.92 Å². The van der Waals surface area contributed by atoms with Crippen molar-refractivity contribution in [3.05, 3.63) is 47.0 Å². The molecule has 4 nitrogen and oxygen atoms in total. The van der Waals surface area contributed by atoms with Crippen LogP contribution in [0.3, 0.4) is 0 Å². The molecule has 0 bridgehead atoms. The summed E-state index contributed by atoms with van der Waals surface area (Å²) in [5.41, 5.74) is 6.65. The van der Waals surface area contributed by atoms with Crippen LogP contribution >= 0.6 is 0 Å². The predicted molar refractivity (Wildman–Crippen MR) is 101 cm³/mol. The van der Waals surface area contributed by atoms with Crippen molar-refractivity contribution in [3.63, 3.8) is 0 Å². The zero-order valence-electron chi connectivity index (χ0n) is 15.2. The molecule has 25 heavy (non-hydrogen) atoms. The fourth-order valence-electron chi connectivity index (χ4n) is 3.71. The summed E-state index contributed by atoms with van der Waals surface area (Å²) in [4.78, 5) is 12.8. The van der Waals surface area contributed by atoms with E-state index in [-0.39, 0.29) is 0 Å². The highest BCUT2D eigenvalue weighted by atomic mass is 16.3. The number of aryl methyl sites for hydroxylation is 4. The Balaban J connectivity index is 1.85. The van der Waals surface area contributed by atoms with Gasteiger partial charge in [-0.1, -0.05) is 6.07 Å². The van der Waals surface area contributed by atoms with E-state index in [9.17, 15) is 5.11 Å². The lowest BCUT2D eigenvalue weighted by Gasteiger charge is -2.16. The van der Waals surface area contributed by atoms with Gasteiger partial charge in [-0.2, -0.15) is 0 Å². The summed E-state index contributed by atoms with van der Waals surface area (Å²) in [6, 6.07) is 6.59. The molecule has 1 aromatic carbocycles. The minimum atomic E-state index is -0.638. The largest absolute Gasteiger partial charge is 0.390 e. The minimum Gasteiger partial charge on any atom is -0.390 e. The average molecular weight is 335 g/mol. The molecule has 1 aliphatic rings. The Morgan fingerprint density at radius 3 is 2.88 bits per heavy atom. The number of aliphatic hydroxyl groups is 1. The maximum absolute atomic E-state index is 10.0. The summed E-state index contributed by atoms with van der Waals surface area (Å²) in [5, 5.41) is 11.3. The number of aromatic amines is 1. The summed E-state index contributed by atoms with van der Waals surface area (Å²) in [7, 11) is 0. The summed E-state index contributed by atoms with van der Waals surface area (Å²) < 4.78 is 0. The van der Waals surface area contributed by atoms with Crippen LogP contribution in [0.4, 0.5) is 0 Å². The number of benzene rings is 1. The summed E-state index contributed by atoms with van der Waals surface area (Å²) in [6.07, 6.45) is 6.79. The monoisotopic (exact) mass is 335 g/mol. The molecule has 0 radical (unpaired) electrons. The smallest absolute Gasteiger partial charge is 0.125 e. The number of nitrogens with zero attached hydrogens (tertiary/aromatic N) is 2. The van der Waals surface area contributed by atoms with Gasteiger partial charge in [0.15, 0.2) is 0 Å². The quantitative estimate of drug-likeness (QED) is 0.756. The maximum atomic E-state index is 10.0. The van der Waals surface area contributed by atoms with Crippen molar-refractivity contribution in [1.29, 1.82) is 0 Å². The van der Waals surface area contributed by atoms with Crippen molar-refractivity contribution in [2.24, 2.45) is 0 Å². The second kappa shape index (κ2) is 5.95. The van der Waals surface area contributed by atoms with E-state index in [1.165, 1.54) is 33.3 Å². The fourth-order valence-corrected chi connectivity index (χ4v) is 3.71. The number of aromatic nitrogens is 3. The van der Waals surface area contributed by atoms with E-state index in [0.29, 0.717) is 0 Å². The highest BCUT2D eigenvalue weighted by molar-refractivity contribution is 5.97. The molecule has 2 N–H and O–H groups in total. The van der Waals surface area contributed by atoms with Gasteiger partial charge in [0.05, 0.1) is 11.3 Å². The molecule has 2 heterocycles. The third kappa shape index (κ3) is 3.19. The molecule has 0 spiro atoms. The number of rotatable bonds is 3. The molecule has 3 aromatic rings. The summed E-state index contributed by atoms with van der Waals surface area (Å²) in [5.74, 6) is 0.819. The van der Waals surface area contributed by atoms with E-state index in [4.69, 9.17) is 4.98 Å². The zero-order chi connectivity index (χ0) is 17.6. The van der Waals surface area contributed by atoms with Gasteiger partial charge in [0.2, 0.25) is 0 Å². The molecule has 0 amide bonds. The Hall–Kier alpha value is -2.20. The normalized spacial score (nSPS) is 14.2. The molecule has 0 fully saturated rings. The van der Waals surface area contributed by atoms with Crippen molar-refractivity contribution in [2.75, 3.05) is 0 Å². The fraction of sp³-hybridized carbons (Fsp3) is 0.429. The Morgan fingerprint density at radius 2 is 2.08 bits per heavy atom. The number of hydrogen-bond acceptors (Lipinski definition) is 3. The molecule has 1 aliphatic carbocycles. The van der Waals surface area contributed by atoms with E-state index in [1.807, 2.05) is 27.0 Å². The van der Waals surface area contributed by atoms with Gasteiger partial charge >= 0.3 is 0 Å². The first-order valence-electron chi connectivity index (χ1n) is 9.09. The molecule has 2 aromatic heterocycles. The van der Waals surface area contributed by atoms with Crippen molar-refractivity contribution >= 4 is 10.9 Å². The molecular formula is C21H25N3O. The molecule has 0 saturated heterocycles. The molecular weight excluding hydrogens is 310 g/mol. The topological polar surface area (TPSA) is 61.8 Å². The predicted octanol–water partition coefficient (Wildman–Crippen LogP) is 4.13. The third-order valence-corrected chi connectivity index (χ3v) is 5.06. The SMILES string of the molecule is Cc1ncc2c(n1)-c1c([nH]c3ccc(CCC(C)(C)O)cc13)CCC2.